The van der Waals surface area contributed by atoms with Crippen LogP contribution in [0.15, 0.2) is 48.5 Å². The predicted octanol–water partition coefficient (Wildman–Crippen LogP) is -0.178. The van der Waals surface area contributed by atoms with Gasteiger partial charge in [0, 0.05) is 0 Å². The van der Waals surface area contributed by atoms with Gasteiger partial charge in [-0.1, -0.05) is 0 Å². The molecule has 3 heteroatoms. The zero-order valence-electron chi connectivity index (χ0n) is 9.35. The number of hydrogen-bond donors (Lipinski definition) is 1. The Hall–Kier alpha value is -1.36. The van der Waals surface area contributed by atoms with Crippen LogP contribution in [0.1, 0.15) is 15.9 Å². The van der Waals surface area contributed by atoms with Crippen molar-refractivity contribution < 1.29 is 31.1 Å². The van der Waals surface area contributed by atoms with E-state index in [2.05, 4.69) is 12.1 Å². The molecule has 0 unspecified atom stereocenters. The summed E-state index contributed by atoms with van der Waals surface area (Å²) in [5.41, 5.74) is 1.52. The molecule has 0 atom stereocenters. The van der Waals surface area contributed by atoms with Gasteiger partial charge < -0.3 is 0 Å². The molecule has 17 heavy (non-hydrogen) atoms. The molecule has 0 aromatic heterocycles. The third-order valence-corrected chi connectivity index (χ3v) is 5.67. The van der Waals surface area contributed by atoms with Gasteiger partial charge in [0.15, 0.2) is 0 Å². The summed E-state index contributed by atoms with van der Waals surface area (Å²) < 4.78 is 2.24. The number of aromatic carboxylic acids is 1. The van der Waals surface area contributed by atoms with Gasteiger partial charge in [0.25, 0.3) is 0 Å². The predicted molar refractivity (Wildman–Crippen MR) is 62.0 cm³/mol. The van der Waals surface area contributed by atoms with Gasteiger partial charge in [-0.25, -0.2) is 0 Å². The van der Waals surface area contributed by atoms with Crippen LogP contribution >= 0.6 is 0 Å². The van der Waals surface area contributed by atoms with E-state index in [-0.39, 0.29) is 0 Å². The second-order valence-electron chi connectivity index (χ2n) is 3.63. The van der Waals surface area contributed by atoms with Gasteiger partial charge in [0.05, 0.1) is 0 Å². The Labute approximate surface area is 111 Å². The first-order valence-corrected chi connectivity index (χ1v) is 7.37. The third kappa shape index (κ3) is 2.85. The molecule has 2 nitrogen and oxygen atoms in total. The summed E-state index contributed by atoms with van der Waals surface area (Å²) in [7, 11) is 0. The summed E-state index contributed by atoms with van der Waals surface area (Å²) in [4.78, 5) is 11.2. The number of benzene rings is 2. The van der Waals surface area contributed by atoms with Gasteiger partial charge in [-0.3, -0.25) is 0 Å². The van der Waals surface area contributed by atoms with Gasteiger partial charge in [-0.05, 0) is 0 Å². The van der Waals surface area contributed by atoms with Crippen molar-refractivity contribution >= 4 is 5.97 Å². The van der Waals surface area contributed by atoms with Crippen LogP contribution in [-0.4, -0.2) is 11.1 Å². The van der Waals surface area contributed by atoms with E-state index < -0.39 is 27.2 Å². The number of halogens is 1. The summed E-state index contributed by atoms with van der Waals surface area (Å²) in [6.07, 6.45) is 0. The second kappa shape index (κ2) is 5.31. The number of aryl methyl sites for hydroxylation is 1. The molecule has 0 heterocycles. The Bertz CT molecular complexity index is 535. The number of hydrogen-bond acceptors (Lipinski definition) is 1. The third-order valence-electron chi connectivity index (χ3n) is 2.36. The Morgan fingerprint density at radius 1 is 1.06 bits per heavy atom. The van der Waals surface area contributed by atoms with Crippen molar-refractivity contribution in [3.05, 3.63) is 66.8 Å². The molecular weight excluding hydrogens is 327 g/mol. The van der Waals surface area contributed by atoms with Gasteiger partial charge in [0.2, 0.25) is 0 Å². The Kier molecular flexibility index (Phi) is 3.78. The molecule has 2 aromatic rings. The van der Waals surface area contributed by atoms with Crippen molar-refractivity contribution in [1.29, 1.82) is 0 Å². The van der Waals surface area contributed by atoms with Crippen LogP contribution in [0, 0.1) is 14.1 Å². The first-order valence-electron chi connectivity index (χ1n) is 5.21. The Morgan fingerprint density at radius 2 is 1.76 bits per heavy atom. The minimum absolute atomic E-state index is 0.429. The second-order valence-corrected chi connectivity index (χ2v) is 6.50. The van der Waals surface area contributed by atoms with E-state index in [1.807, 2.05) is 31.2 Å². The average Bonchev–Trinajstić information content (AvgIpc) is 2.33. The fourth-order valence-electron chi connectivity index (χ4n) is 1.52. The minimum atomic E-state index is -0.834. The van der Waals surface area contributed by atoms with Gasteiger partial charge in [-0.15, -0.1) is 0 Å². The monoisotopic (exact) mass is 339 g/mol. The molecule has 0 aliphatic carbocycles. The molecule has 0 saturated heterocycles. The Morgan fingerprint density at radius 3 is 2.41 bits per heavy atom. The van der Waals surface area contributed by atoms with E-state index in [1.165, 1.54) is 3.57 Å². The van der Waals surface area contributed by atoms with Crippen LogP contribution in [0.5, 0.6) is 0 Å². The standard InChI is InChI=1S/C14H12IO2/c1-10-6-5-9-12(14(16)17)13(10)15-11-7-3-2-4-8-11/h2-9H,1H3,(H,16,17)/q-1. The van der Waals surface area contributed by atoms with Crippen molar-refractivity contribution in [2.24, 2.45) is 0 Å². The molecule has 0 fully saturated rings. The van der Waals surface area contributed by atoms with E-state index >= 15 is 0 Å². The van der Waals surface area contributed by atoms with Crippen molar-refractivity contribution in [3.63, 3.8) is 0 Å². The number of rotatable bonds is 3. The maximum atomic E-state index is 11.2. The number of carboxylic acid groups (broad SMARTS) is 1. The summed E-state index contributed by atoms with van der Waals surface area (Å²) in [5, 5.41) is 9.19. The summed E-state index contributed by atoms with van der Waals surface area (Å²) >= 11 is -0.429. The van der Waals surface area contributed by atoms with Crippen molar-refractivity contribution in [2.45, 2.75) is 6.92 Å². The van der Waals surface area contributed by atoms with Gasteiger partial charge in [-0.2, -0.15) is 0 Å². The van der Waals surface area contributed by atoms with E-state index in [0.717, 1.165) is 9.13 Å². The SMILES string of the molecule is Cc1cccc(C(=O)O)c1[I-]c1ccccc1. The zero-order valence-corrected chi connectivity index (χ0v) is 11.5. The van der Waals surface area contributed by atoms with Crippen molar-refractivity contribution in [1.82, 2.24) is 0 Å². The fourth-order valence-corrected chi connectivity index (χ4v) is 4.23. The quantitative estimate of drug-likeness (QED) is 0.788. The summed E-state index contributed by atoms with van der Waals surface area (Å²) in [6.45, 7) is 1.98. The first kappa shape index (κ1) is 12.1. The molecule has 0 aliphatic heterocycles. The number of carbonyl (C=O) groups is 1. The van der Waals surface area contributed by atoms with Crippen LogP contribution in [0.4, 0.5) is 0 Å². The fraction of sp³-hybridized carbons (Fsp3) is 0.0714. The van der Waals surface area contributed by atoms with Crippen molar-refractivity contribution in [3.8, 4) is 0 Å². The average molecular weight is 339 g/mol. The van der Waals surface area contributed by atoms with E-state index in [9.17, 15) is 9.90 Å². The zero-order chi connectivity index (χ0) is 12.3. The van der Waals surface area contributed by atoms with Crippen LogP contribution in [0.3, 0.4) is 0 Å². The molecule has 0 radical (unpaired) electrons. The molecule has 88 valence electrons. The first-order chi connectivity index (χ1) is 8.18. The van der Waals surface area contributed by atoms with Gasteiger partial charge >= 0.3 is 111 Å². The van der Waals surface area contributed by atoms with Crippen molar-refractivity contribution in [2.75, 3.05) is 0 Å². The molecule has 2 rings (SSSR count). The molecule has 0 spiro atoms. The van der Waals surface area contributed by atoms with E-state index in [4.69, 9.17) is 0 Å². The molecular formula is C14H12IO2-. The molecule has 0 bridgehead atoms. The summed E-state index contributed by atoms with van der Waals surface area (Å²) in [6, 6.07) is 15.6. The molecule has 1 N–H and O–H groups in total. The van der Waals surface area contributed by atoms with Crippen LogP contribution < -0.4 is 21.2 Å². The molecule has 0 aliphatic rings. The molecule has 0 saturated carbocycles. The Balaban J connectivity index is 2.41. The van der Waals surface area contributed by atoms with Crippen LogP contribution in [-0.2, 0) is 0 Å². The van der Waals surface area contributed by atoms with Crippen LogP contribution in [0.25, 0.3) is 0 Å². The summed E-state index contributed by atoms with van der Waals surface area (Å²) in [5.74, 6) is -0.834. The topological polar surface area (TPSA) is 37.3 Å². The number of carboxylic acids is 1. The maximum absolute atomic E-state index is 11.2. The van der Waals surface area contributed by atoms with Crippen LogP contribution in [0.2, 0.25) is 0 Å². The van der Waals surface area contributed by atoms with Gasteiger partial charge in [0.1, 0.15) is 0 Å². The molecule has 2 aromatic carbocycles. The van der Waals surface area contributed by atoms with E-state index in [1.54, 1.807) is 12.1 Å². The molecule has 0 amide bonds. The normalized spacial score (nSPS) is 10.4. The van der Waals surface area contributed by atoms with E-state index in [0.29, 0.717) is 5.56 Å².